The summed E-state index contributed by atoms with van der Waals surface area (Å²) in [7, 11) is 0. The topological polar surface area (TPSA) is 18.5 Å². The first-order valence-electron chi connectivity index (χ1n) is 6.46. The van der Waals surface area contributed by atoms with Crippen LogP contribution in [0, 0.1) is 0 Å². The second-order valence-corrected chi connectivity index (χ2v) is 4.55. The van der Waals surface area contributed by atoms with Gasteiger partial charge in [-0.2, -0.15) is 0 Å². The van der Waals surface area contributed by atoms with Gasteiger partial charge < -0.3 is 9.47 Å². The number of rotatable bonds is 4. The lowest BCUT2D eigenvalue weighted by Crippen LogP contribution is -2.18. The monoisotopic (exact) mass is 348 g/mol. The number of benzene rings is 2. The van der Waals surface area contributed by atoms with Crippen LogP contribution in [0.3, 0.4) is 0 Å². The van der Waals surface area contributed by atoms with Gasteiger partial charge in [-0.05, 0) is 17.7 Å². The quantitative estimate of drug-likeness (QED) is 0.651. The number of hydrogen-bond acceptors (Lipinski definition) is 2. The number of hydrogen-bond donors (Lipinski definition) is 0. The van der Waals surface area contributed by atoms with E-state index in [0.717, 1.165) is 18.2 Å². The summed E-state index contributed by atoms with van der Waals surface area (Å²) in [5.74, 6) is -1.11. The fourth-order valence-corrected chi connectivity index (χ4v) is 2.00. The fourth-order valence-electron chi connectivity index (χ4n) is 2.00. The van der Waals surface area contributed by atoms with Crippen molar-refractivity contribution in [1.29, 1.82) is 0 Å². The van der Waals surface area contributed by atoms with Gasteiger partial charge in [-0.3, -0.25) is 0 Å². The van der Waals surface area contributed by atoms with Gasteiger partial charge in [0.2, 0.25) is 0 Å². The van der Waals surface area contributed by atoms with Gasteiger partial charge in [0.1, 0.15) is 11.5 Å². The van der Waals surface area contributed by atoms with E-state index in [1.54, 1.807) is 0 Å². The van der Waals surface area contributed by atoms with E-state index in [9.17, 15) is 26.3 Å². The van der Waals surface area contributed by atoms with E-state index in [1.165, 1.54) is 30.3 Å². The molecule has 128 valence electrons. The zero-order chi connectivity index (χ0) is 18.0. The summed E-state index contributed by atoms with van der Waals surface area (Å²) in [5.41, 5.74) is 0.0856. The minimum atomic E-state index is -4.95. The maximum Gasteiger partial charge on any atom is 0.573 e. The van der Waals surface area contributed by atoms with Gasteiger partial charge in [-0.25, -0.2) is 0 Å². The third kappa shape index (κ3) is 4.68. The van der Waals surface area contributed by atoms with Crippen LogP contribution in [0.25, 0.3) is 17.2 Å². The summed E-state index contributed by atoms with van der Waals surface area (Å²) in [6.07, 6.45) is -8.73. The molecule has 0 spiro atoms. The van der Waals surface area contributed by atoms with Crippen LogP contribution >= 0.6 is 0 Å². The van der Waals surface area contributed by atoms with E-state index < -0.39 is 24.2 Å². The van der Waals surface area contributed by atoms with Crippen LogP contribution in [-0.4, -0.2) is 12.7 Å². The molecule has 0 bridgehead atoms. The van der Waals surface area contributed by atoms with Gasteiger partial charge in [-0.15, -0.1) is 26.3 Å². The van der Waals surface area contributed by atoms with E-state index >= 15 is 0 Å². The summed E-state index contributed by atoms with van der Waals surface area (Å²) in [6, 6.07) is 8.69. The molecule has 0 N–H and O–H groups in total. The van der Waals surface area contributed by atoms with Crippen molar-refractivity contribution < 1.29 is 35.8 Å². The van der Waals surface area contributed by atoms with Crippen LogP contribution in [0.2, 0.25) is 0 Å². The summed E-state index contributed by atoms with van der Waals surface area (Å²) in [4.78, 5) is 0. The molecular weight excluding hydrogens is 338 g/mol. The highest BCUT2D eigenvalue weighted by molar-refractivity contribution is 5.74. The molecule has 0 radical (unpaired) electrons. The van der Waals surface area contributed by atoms with E-state index in [4.69, 9.17) is 0 Å². The SMILES string of the molecule is C=Cc1ccc(-c2ccccc2OC(F)(F)F)cc1OC(F)(F)F. The zero-order valence-electron chi connectivity index (χ0n) is 11.9. The Morgan fingerprint density at radius 2 is 1.38 bits per heavy atom. The minimum absolute atomic E-state index is 0.0301. The van der Waals surface area contributed by atoms with Crippen LogP contribution in [0.5, 0.6) is 11.5 Å². The van der Waals surface area contributed by atoms with Crippen molar-refractivity contribution >= 4 is 6.08 Å². The van der Waals surface area contributed by atoms with E-state index in [1.807, 2.05) is 0 Å². The molecular formula is C16H10F6O2. The van der Waals surface area contributed by atoms with E-state index in [0.29, 0.717) is 0 Å². The molecule has 2 nitrogen and oxygen atoms in total. The Bertz CT molecular complexity index is 734. The van der Waals surface area contributed by atoms with Crippen molar-refractivity contribution in [2.24, 2.45) is 0 Å². The standard InChI is InChI=1S/C16H10F6O2/c1-2-10-7-8-11(9-14(10)24-16(20,21)22)12-5-3-4-6-13(12)23-15(17,18)19/h2-9H,1H2. The Labute approximate surface area is 132 Å². The molecule has 0 fully saturated rings. The van der Waals surface area contributed by atoms with Gasteiger partial charge >= 0.3 is 12.7 Å². The Morgan fingerprint density at radius 3 is 1.96 bits per heavy atom. The highest BCUT2D eigenvalue weighted by atomic mass is 19.4. The zero-order valence-corrected chi connectivity index (χ0v) is 11.9. The summed E-state index contributed by atoms with van der Waals surface area (Å²) in [6.45, 7) is 3.37. The maximum atomic E-state index is 12.5. The van der Waals surface area contributed by atoms with Crippen LogP contribution in [0.15, 0.2) is 49.0 Å². The van der Waals surface area contributed by atoms with E-state index in [-0.39, 0.29) is 16.7 Å². The summed E-state index contributed by atoms with van der Waals surface area (Å²) in [5, 5.41) is 0. The van der Waals surface area contributed by atoms with Crippen LogP contribution in [0.1, 0.15) is 5.56 Å². The predicted octanol–water partition coefficient (Wildman–Crippen LogP) is 5.79. The van der Waals surface area contributed by atoms with Gasteiger partial charge in [0.15, 0.2) is 0 Å². The number of para-hydroxylation sites is 1. The van der Waals surface area contributed by atoms with Gasteiger partial charge in [0.05, 0.1) is 0 Å². The van der Waals surface area contributed by atoms with Gasteiger partial charge in [0, 0.05) is 11.1 Å². The van der Waals surface area contributed by atoms with Crippen molar-refractivity contribution in [3.63, 3.8) is 0 Å². The molecule has 0 atom stereocenters. The first kappa shape index (κ1) is 17.7. The average molecular weight is 348 g/mol. The van der Waals surface area contributed by atoms with Gasteiger partial charge in [-0.1, -0.05) is 43.0 Å². The van der Waals surface area contributed by atoms with Crippen molar-refractivity contribution in [3.8, 4) is 22.6 Å². The van der Waals surface area contributed by atoms with Gasteiger partial charge in [0.25, 0.3) is 0 Å². The Kier molecular flexibility index (Phi) is 4.77. The molecule has 0 saturated heterocycles. The number of halogens is 6. The molecule has 0 aliphatic rings. The Morgan fingerprint density at radius 1 is 0.792 bits per heavy atom. The lowest BCUT2D eigenvalue weighted by Gasteiger charge is -2.16. The van der Waals surface area contributed by atoms with Crippen molar-refractivity contribution in [2.75, 3.05) is 0 Å². The molecule has 24 heavy (non-hydrogen) atoms. The molecule has 2 rings (SSSR count). The lowest BCUT2D eigenvalue weighted by atomic mass is 10.0. The maximum absolute atomic E-state index is 12.5. The molecule has 8 heteroatoms. The Hall–Kier alpha value is -2.64. The second kappa shape index (κ2) is 6.46. The second-order valence-electron chi connectivity index (χ2n) is 4.55. The molecule has 0 heterocycles. The molecule has 0 unspecified atom stereocenters. The number of alkyl halides is 6. The smallest absolute Gasteiger partial charge is 0.405 e. The normalized spacial score (nSPS) is 11.9. The van der Waals surface area contributed by atoms with Crippen LogP contribution < -0.4 is 9.47 Å². The lowest BCUT2D eigenvalue weighted by molar-refractivity contribution is -0.275. The molecule has 0 amide bonds. The largest absolute Gasteiger partial charge is 0.573 e. The summed E-state index contributed by atoms with van der Waals surface area (Å²) >= 11 is 0. The van der Waals surface area contributed by atoms with Crippen LogP contribution in [-0.2, 0) is 0 Å². The first-order valence-corrected chi connectivity index (χ1v) is 6.46. The molecule has 0 aromatic heterocycles. The summed E-state index contributed by atoms with van der Waals surface area (Å²) < 4.78 is 82.5. The van der Waals surface area contributed by atoms with Crippen molar-refractivity contribution in [3.05, 3.63) is 54.6 Å². The number of ether oxygens (including phenoxy) is 2. The third-order valence-electron chi connectivity index (χ3n) is 2.88. The Balaban J connectivity index is 2.50. The molecule has 0 saturated carbocycles. The minimum Gasteiger partial charge on any atom is -0.405 e. The average Bonchev–Trinajstić information content (AvgIpc) is 2.44. The predicted molar refractivity (Wildman–Crippen MR) is 75.3 cm³/mol. The highest BCUT2D eigenvalue weighted by Crippen LogP contribution is 2.37. The highest BCUT2D eigenvalue weighted by Gasteiger charge is 2.33. The molecule has 0 aliphatic heterocycles. The van der Waals surface area contributed by atoms with Crippen molar-refractivity contribution in [1.82, 2.24) is 0 Å². The van der Waals surface area contributed by atoms with Crippen molar-refractivity contribution in [2.45, 2.75) is 12.7 Å². The van der Waals surface area contributed by atoms with E-state index in [2.05, 4.69) is 16.1 Å². The molecule has 2 aromatic rings. The third-order valence-corrected chi connectivity index (χ3v) is 2.88. The fraction of sp³-hybridized carbons (Fsp3) is 0.125. The first-order chi connectivity index (χ1) is 11.1. The molecule has 2 aromatic carbocycles. The van der Waals surface area contributed by atoms with Crippen LogP contribution in [0.4, 0.5) is 26.3 Å². The molecule has 0 aliphatic carbocycles.